The summed E-state index contributed by atoms with van der Waals surface area (Å²) in [6.07, 6.45) is 0.232. The normalized spacial score (nSPS) is 23.7. The summed E-state index contributed by atoms with van der Waals surface area (Å²) in [6, 6.07) is 6.65. The molecule has 0 saturated carbocycles. The maximum atomic E-state index is 12.6. The molecule has 2 heterocycles. The van der Waals surface area contributed by atoms with Crippen molar-refractivity contribution in [3.05, 3.63) is 24.3 Å². The van der Waals surface area contributed by atoms with E-state index in [0.717, 1.165) is 0 Å². The Morgan fingerprint density at radius 1 is 1.24 bits per heavy atom. The molecule has 0 aromatic heterocycles. The molecule has 1 aromatic carbocycles. The monoisotopic (exact) mass is 290 g/mol. The van der Waals surface area contributed by atoms with E-state index < -0.39 is 0 Å². The summed E-state index contributed by atoms with van der Waals surface area (Å²) in [5.74, 6) is 0.308. The minimum absolute atomic E-state index is 0.157. The zero-order valence-corrected chi connectivity index (χ0v) is 11.9. The van der Waals surface area contributed by atoms with Crippen LogP contribution in [0, 0.1) is 0 Å². The first kappa shape index (κ1) is 14.0. The second-order valence-electron chi connectivity index (χ2n) is 5.14. The minimum Gasteiger partial charge on any atom is -0.497 e. The molecule has 3 rings (SSSR count). The highest BCUT2D eigenvalue weighted by atomic mass is 16.5. The van der Waals surface area contributed by atoms with Crippen molar-refractivity contribution < 1.29 is 19.1 Å². The molecule has 2 aliphatic rings. The summed E-state index contributed by atoms with van der Waals surface area (Å²) in [5, 5.41) is 0. The van der Waals surface area contributed by atoms with Gasteiger partial charge in [0.2, 0.25) is 5.91 Å². The van der Waals surface area contributed by atoms with Gasteiger partial charge in [0.1, 0.15) is 5.75 Å². The highest BCUT2D eigenvalue weighted by molar-refractivity contribution is 6.22. The fourth-order valence-electron chi connectivity index (χ4n) is 2.81. The number of rotatable bonds is 3. The number of imide groups is 1. The Kier molecular flexibility index (Phi) is 3.90. The molecule has 0 N–H and O–H groups in total. The number of carbonyl (C=O) groups excluding carboxylic acids is 2. The van der Waals surface area contributed by atoms with Crippen LogP contribution in [0.4, 0.5) is 5.69 Å². The predicted molar refractivity (Wildman–Crippen MR) is 76.3 cm³/mol. The number of anilines is 1. The van der Waals surface area contributed by atoms with E-state index in [1.54, 1.807) is 31.4 Å². The zero-order chi connectivity index (χ0) is 14.8. The molecule has 0 spiro atoms. The Morgan fingerprint density at radius 3 is 2.71 bits per heavy atom. The molecule has 2 saturated heterocycles. The number of amides is 2. The second kappa shape index (κ2) is 5.83. The summed E-state index contributed by atoms with van der Waals surface area (Å²) in [5.41, 5.74) is 0.570. The zero-order valence-electron chi connectivity index (χ0n) is 11.9. The molecule has 0 radical (unpaired) electrons. The van der Waals surface area contributed by atoms with Crippen molar-refractivity contribution in [2.45, 2.75) is 12.5 Å². The lowest BCUT2D eigenvalue weighted by molar-refractivity contribution is -0.123. The van der Waals surface area contributed by atoms with E-state index in [-0.39, 0.29) is 24.3 Å². The molecule has 2 fully saturated rings. The van der Waals surface area contributed by atoms with E-state index in [4.69, 9.17) is 9.47 Å². The smallest absolute Gasteiger partial charge is 0.251 e. The summed E-state index contributed by atoms with van der Waals surface area (Å²) in [6.45, 7) is 2.60. The lowest BCUT2D eigenvalue weighted by atomic mass is 10.2. The van der Waals surface area contributed by atoms with Crippen LogP contribution in [0.15, 0.2) is 24.3 Å². The quantitative estimate of drug-likeness (QED) is 0.765. The fraction of sp³-hybridized carbons (Fsp3) is 0.467. The fourth-order valence-corrected chi connectivity index (χ4v) is 2.81. The van der Waals surface area contributed by atoms with Gasteiger partial charge in [-0.3, -0.25) is 14.5 Å². The second-order valence-corrected chi connectivity index (χ2v) is 5.14. The van der Waals surface area contributed by atoms with Gasteiger partial charge in [-0.25, -0.2) is 4.90 Å². The van der Waals surface area contributed by atoms with Crippen molar-refractivity contribution in [1.29, 1.82) is 0 Å². The van der Waals surface area contributed by atoms with Crippen LogP contribution < -0.4 is 9.64 Å². The Bertz CT molecular complexity index is 554. The molecule has 6 heteroatoms. The lowest BCUT2D eigenvalue weighted by Gasteiger charge is -2.30. The SMILES string of the molecule is COc1cccc(N2C(=O)C[C@H](N3CCOCC3)C2=O)c1. The maximum absolute atomic E-state index is 12.6. The van der Waals surface area contributed by atoms with Crippen LogP contribution in [0.25, 0.3) is 0 Å². The third-order valence-corrected chi connectivity index (χ3v) is 3.92. The van der Waals surface area contributed by atoms with Gasteiger partial charge in [-0.05, 0) is 12.1 Å². The highest BCUT2D eigenvalue weighted by Crippen LogP contribution is 2.28. The van der Waals surface area contributed by atoms with Crippen molar-refractivity contribution in [3.8, 4) is 5.75 Å². The van der Waals surface area contributed by atoms with E-state index in [0.29, 0.717) is 37.7 Å². The molecule has 2 aliphatic heterocycles. The number of nitrogens with zero attached hydrogens (tertiary/aromatic N) is 2. The van der Waals surface area contributed by atoms with E-state index in [2.05, 4.69) is 0 Å². The third-order valence-electron chi connectivity index (χ3n) is 3.92. The summed E-state index contributed by atoms with van der Waals surface area (Å²) >= 11 is 0. The van der Waals surface area contributed by atoms with Gasteiger partial charge in [-0.15, -0.1) is 0 Å². The highest BCUT2D eigenvalue weighted by Gasteiger charge is 2.43. The van der Waals surface area contributed by atoms with Gasteiger partial charge >= 0.3 is 0 Å². The Morgan fingerprint density at radius 2 is 2.00 bits per heavy atom. The molecule has 112 valence electrons. The first-order valence-corrected chi connectivity index (χ1v) is 7.03. The van der Waals surface area contributed by atoms with Gasteiger partial charge in [0.15, 0.2) is 0 Å². The molecule has 6 nitrogen and oxygen atoms in total. The Hall–Kier alpha value is -1.92. The van der Waals surface area contributed by atoms with Gasteiger partial charge < -0.3 is 9.47 Å². The Balaban J connectivity index is 1.82. The third kappa shape index (κ3) is 2.64. The topological polar surface area (TPSA) is 59.1 Å². The van der Waals surface area contributed by atoms with Gasteiger partial charge in [-0.2, -0.15) is 0 Å². The summed E-state index contributed by atoms with van der Waals surface area (Å²) in [4.78, 5) is 28.1. The van der Waals surface area contributed by atoms with Crippen molar-refractivity contribution in [1.82, 2.24) is 4.90 Å². The molecule has 2 amide bonds. The molecule has 1 aromatic rings. The maximum Gasteiger partial charge on any atom is 0.251 e. The van der Waals surface area contributed by atoms with E-state index >= 15 is 0 Å². The van der Waals surface area contributed by atoms with Gasteiger partial charge in [0, 0.05) is 19.2 Å². The number of hydrogen-bond acceptors (Lipinski definition) is 5. The molecular weight excluding hydrogens is 272 g/mol. The van der Waals surface area contributed by atoms with Crippen LogP contribution in [-0.2, 0) is 14.3 Å². The molecule has 0 aliphatic carbocycles. The van der Waals surface area contributed by atoms with E-state index in [1.165, 1.54) is 4.90 Å². The summed E-state index contributed by atoms with van der Waals surface area (Å²) in [7, 11) is 1.56. The van der Waals surface area contributed by atoms with E-state index in [9.17, 15) is 9.59 Å². The number of methoxy groups -OCH3 is 1. The van der Waals surface area contributed by atoms with Crippen molar-refractivity contribution in [2.24, 2.45) is 0 Å². The molecule has 0 unspecified atom stereocenters. The summed E-state index contributed by atoms with van der Waals surface area (Å²) < 4.78 is 10.4. The van der Waals surface area contributed by atoms with Crippen LogP contribution in [-0.4, -0.2) is 56.2 Å². The van der Waals surface area contributed by atoms with Crippen LogP contribution in [0.5, 0.6) is 5.75 Å². The first-order valence-electron chi connectivity index (χ1n) is 7.03. The first-order chi connectivity index (χ1) is 10.2. The average Bonchev–Trinajstić information content (AvgIpc) is 2.83. The van der Waals surface area contributed by atoms with E-state index in [1.807, 2.05) is 4.90 Å². The lowest BCUT2D eigenvalue weighted by Crippen LogP contribution is -2.47. The van der Waals surface area contributed by atoms with Crippen LogP contribution >= 0.6 is 0 Å². The van der Waals surface area contributed by atoms with Crippen molar-refractivity contribution in [2.75, 3.05) is 38.3 Å². The number of carbonyl (C=O) groups is 2. The molecule has 1 atom stereocenters. The molecule has 21 heavy (non-hydrogen) atoms. The molecule has 0 bridgehead atoms. The predicted octanol–water partition coefficient (Wildman–Crippen LogP) is 0.659. The number of hydrogen-bond donors (Lipinski definition) is 0. The van der Waals surface area contributed by atoms with Gasteiger partial charge in [0.25, 0.3) is 5.91 Å². The van der Waals surface area contributed by atoms with Crippen LogP contribution in [0.3, 0.4) is 0 Å². The minimum atomic E-state index is -0.368. The van der Waals surface area contributed by atoms with Gasteiger partial charge in [0.05, 0.1) is 38.5 Å². The largest absolute Gasteiger partial charge is 0.497 e. The number of ether oxygens (including phenoxy) is 2. The molecular formula is C15H18N2O4. The van der Waals surface area contributed by atoms with Crippen LogP contribution in [0.2, 0.25) is 0 Å². The van der Waals surface area contributed by atoms with Crippen molar-refractivity contribution in [3.63, 3.8) is 0 Å². The Labute approximate surface area is 123 Å². The standard InChI is InChI=1S/C15H18N2O4/c1-20-12-4-2-3-11(9-12)17-14(18)10-13(15(17)19)16-5-7-21-8-6-16/h2-4,9,13H,5-8,10H2,1H3/t13-/m0/s1. The van der Waals surface area contributed by atoms with Crippen LogP contribution in [0.1, 0.15) is 6.42 Å². The van der Waals surface area contributed by atoms with Gasteiger partial charge in [-0.1, -0.05) is 6.07 Å². The number of benzene rings is 1. The average molecular weight is 290 g/mol. The number of morpholine rings is 1. The van der Waals surface area contributed by atoms with Crippen molar-refractivity contribution >= 4 is 17.5 Å².